The molecule has 1 aliphatic carbocycles. The van der Waals surface area contributed by atoms with Crippen molar-refractivity contribution < 1.29 is 13.2 Å². The average Bonchev–Trinajstić information content (AvgIpc) is 2.76. The molecule has 7 heteroatoms. The maximum Gasteiger partial charge on any atom is 0.232 e. The molecular weight excluding hydrogens is 360 g/mol. The standard InChI is InChI=1S/C18H27ClN2O3S/c1-14-13-15(19)9-10-17(14)21(25(2,23)24)12-11-18(22)20-16-7-5-3-4-6-8-16/h9-10,13,16H,3-8,11-12H2,1-2H3,(H,20,22). The lowest BCUT2D eigenvalue weighted by Crippen LogP contribution is -2.38. The zero-order valence-electron chi connectivity index (χ0n) is 14.9. The largest absolute Gasteiger partial charge is 0.353 e. The SMILES string of the molecule is Cc1cc(Cl)ccc1N(CCC(=O)NC1CCCCCC1)S(C)(=O)=O. The highest BCUT2D eigenvalue weighted by molar-refractivity contribution is 7.92. The predicted molar refractivity (Wildman–Crippen MR) is 103 cm³/mol. The zero-order chi connectivity index (χ0) is 18.4. The van der Waals surface area contributed by atoms with E-state index in [0.717, 1.165) is 37.5 Å². The average molecular weight is 387 g/mol. The summed E-state index contributed by atoms with van der Waals surface area (Å²) in [7, 11) is -3.48. The highest BCUT2D eigenvalue weighted by atomic mass is 35.5. The highest BCUT2D eigenvalue weighted by Crippen LogP contribution is 2.26. The Bertz CT molecular complexity index is 698. The second-order valence-electron chi connectivity index (χ2n) is 6.77. The number of carbonyl (C=O) groups excluding carboxylic acids is 1. The summed E-state index contributed by atoms with van der Waals surface area (Å²) < 4.78 is 25.6. The maximum absolute atomic E-state index is 12.3. The number of benzene rings is 1. The first-order valence-electron chi connectivity index (χ1n) is 8.80. The molecule has 1 fully saturated rings. The quantitative estimate of drug-likeness (QED) is 0.759. The summed E-state index contributed by atoms with van der Waals surface area (Å²) >= 11 is 5.95. The van der Waals surface area contributed by atoms with Gasteiger partial charge in [-0.15, -0.1) is 0 Å². The van der Waals surface area contributed by atoms with Gasteiger partial charge in [0.2, 0.25) is 15.9 Å². The summed E-state index contributed by atoms with van der Waals surface area (Å²) in [6.45, 7) is 1.94. The van der Waals surface area contributed by atoms with Crippen LogP contribution in [0.15, 0.2) is 18.2 Å². The summed E-state index contributed by atoms with van der Waals surface area (Å²) in [4.78, 5) is 12.3. The molecule has 25 heavy (non-hydrogen) atoms. The molecule has 0 radical (unpaired) electrons. The van der Waals surface area contributed by atoms with Gasteiger partial charge < -0.3 is 5.32 Å². The van der Waals surface area contributed by atoms with Gasteiger partial charge >= 0.3 is 0 Å². The summed E-state index contributed by atoms with van der Waals surface area (Å²) in [6.07, 6.45) is 8.06. The Kier molecular flexibility index (Phi) is 7.14. The van der Waals surface area contributed by atoms with Crippen molar-refractivity contribution in [3.05, 3.63) is 28.8 Å². The van der Waals surface area contributed by atoms with Crippen LogP contribution >= 0.6 is 11.6 Å². The van der Waals surface area contributed by atoms with Crippen LogP contribution < -0.4 is 9.62 Å². The van der Waals surface area contributed by atoms with Crippen LogP contribution in [0.5, 0.6) is 0 Å². The zero-order valence-corrected chi connectivity index (χ0v) is 16.5. The number of amides is 1. The first kappa shape index (κ1) is 20.0. The van der Waals surface area contributed by atoms with Crippen LogP contribution in [0.3, 0.4) is 0 Å². The van der Waals surface area contributed by atoms with Gasteiger partial charge in [0.1, 0.15) is 0 Å². The molecule has 0 bridgehead atoms. The Labute approximate surface area is 155 Å². The topological polar surface area (TPSA) is 66.5 Å². The van der Waals surface area contributed by atoms with Crippen LogP contribution in [0, 0.1) is 6.92 Å². The van der Waals surface area contributed by atoms with Crippen LogP contribution in [-0.4, -0.2) is 33.2 Å². The third-order valence-corrected chi connectivity index (χ3v) is 6.01. The molecule has 0 spiro atoms. The minimum atomic E-state index is -3.48. The van der Waals surface area contributed by atoms with E-state index in [9.17, 15) is 13.2 Å². The Hall–Kier alpha value is -1.27. The smallest absolute Gasteiger partial charge is 0.232 e. The van der Waals surface area contributed by atoms with Crippen LogP contribution in [-0.2, 0) is 14.8 Å². The van der Waals surface area contributed by atoms with Crippen molar-refractivity contribution in [2.24, 2.45) is 0 Å². The van der Waals surface area contributed by atoms with Crippen molar-refractivity contribution in [1.82, 2.24) is 5.32 Å². The van der Waals surface area contributed by atoms with Crippen molar-refractivity contribution in [1.29, 1.82) is 0 Å². The molecule has 1 aromatic carbocycles. The van der Waals surface area contributed by atoms with Crippen LogP contribution in [0.1, 0.15) is 50.5 Å². The highest BCUT2D eigenvalue weighted by Gasteiger charge is 2.21. The van der Waals surface area contributed by atoms with E-state index in [1.807, 2.05) is 6.92 Å². The van der Waals surface area contributed by atoms with Gasteiger partial charge in [-0.05, 0) is 43.5 Å². The number of rotatable bonds is 6. The Morgan fingerprint density at radius 1 is 1.24 bits per heavy atom. The van der Waals surface area contributed by atoms with E-state index in [-0.39, 0.29) is 24.9 Å². The monoisotopic (exact) mass is 386 g/mol. The molecule has 1 aliphatic rings. The normalized spacial score (nSPS) is 16.3. The number of nitrogens with zero attached hydrogens (tertiary/aromatic N) is 1. The molecule has 1 N–H and O–H groups in total. The van der Waals surface area contributed by atoms with Crippen molar-refractivity contribution in [3.63, 3.8) is 0 Å². The van der Waals surface area contributed by atoms with Gasteiger partial charge in [-0.25, -0.2) is 8.42 Å². The fraction of sp³-hybridized carbons (Fsp3) is 0.611. The molecule has 0 unspecified atom stereocenters. The summed E-state index contributed by atoms with van der Waals surface area (Å²) in [5, 5.41) is 3.62. The Morgan fingerprint density at radius 2 is 1.88 bits per heavy atom. The van der Waals surface area contributed by atoms with Gasteiger partial charge in [-0.2, -0.15) is 0 Å². The number of sulfonamides is 1. The minimum absolute atomic E-state index is 0.0906. The van der Waals surface area contributed by atoms with Gasteiger partial charge in [0.25, 0.3) is 0 Å². The molecular formula is C18H27ClN2O3S. The molecule has 0 aliphatic heterocycles. The summed E-state index contributed by atoms with van der Waals surface area (Å²) in [5.74, 6) is -0.0906. The van der Waals surface area contributed by atoms with Gasteiger partial charge in [-0.3, -0.25) is 9.10 Å². The van der Waals surface area contributed by atoms with E-state index in [2.05, 4.69) is 5.32 Å². The van der Waals surface area contributed by atoms with Gasteiger partial charge in [0, 0.05) is 24.0 Å². The lowest BCUT2D eigenvalue weighted by molar-refractivity contribution is -0.121. The molecule has 1 aromatic rings. The van der Waals surface area contributed by atoms with Crippen molar-refractivity contribution in [2.75, 3.05) is 17.1 Å². The van der Waals surface area contributed by atoms with Crippen LogP contribution in [0.4, 0.5) is 5.69 Å². The van der Waals surface area contributed by atoms with Crippen molar-refractivity contribution >= 4 is 33.2 Å². The molecule has 5 nitrogen and oxygen atoms in total. The molecule has 0 saturated heterocycles. The number of anilines is 1. The number of hydrogen-bond donors (Lipinski definition) is 1. The van der Waals surface area contributed by atoms with Crippen LogP contribution in [0.25, 0.3) is 0 Å². The molecule has 0 heterocycles. The molecule has 2 rings (SSSR count). The first-order valence-corrected chi connectivity index (χ1v) is 11.0. The number of carbonyl (C=O) groups is 1. The fourth-order valence-corrected chi connectivity index (χ4v) is 4.50. The predicted octanol–water partition coefficient (Wildman–Crippen LogP) is 3.64. The van der Waals surface area contributed by atoms with E-state index in [0.29, 0.717) is 10.7 Å². The van der Waals surface area contributed by atoms with Gasteiger partial charge in [0.15, 0.2) is 0 Å². The number of hydrogen-bond acceptors (Lipinski definition) is 3. The maximum atomic E-state index is 12.3. The molecule has 1 amide bonds. The first-order chi connectivity index (χ1) is 11.8. The number of aryl methyl sites for hydroxylation is 1. The van der Waals surface area contributed by atoms with Gasteiger partial charge in [0.05, 0.1) is 11.9 Å². The number of nitrogens with one attached hydrogen (secondary N) is 1. The van der Waals surface area contributed by atoms with E-state index < -0.39 is 10.0 Å². The second-order valence-corrected chi connectivity index (χ2v) is 9.12. The lowest BCUT2D eigenvalue weighted by Gasteiger charge is -2.24. The third-order valence-electron chi connectivity index (χ3n) is 4.59. The molecule has 0 atom stereocenters. The minimum Gasteiger partial charge on any atom is -0.353 e. The lowest BCUT2D eigenvalue weighted by atomic mass is 10.1. The second kappa shape index (κ2) is 8.90. The molecule has 0 aromatic heterocycles. The van der Waals surface area contributed by atoms with E-state index in [1.54, 1.807) is 18.2 Å². The van der Waals surface area contributed by atoms with Crippen molar-refractivity contribution in [3.8, 4) is 0 Å². The van der Waals surface area contributed by atoms with Crippen LogP contribution in [0.2, 0.25) is 5.02 Å². The van der Waals surface area contributed by atoms with E-state index in [4.69, 9.17) is 11.6 Å². The third kappa shape index (κ3) is 6.19. The van der Waals surface area contributed by atoms with Gasteiger partial charge in [-0.1, -0.05) is 37.3 Å². The Morgan fingerprint density at radius 3 is 2.44 bits per heavy atom. The molecule has 140 valence electrons. The Balaban J connectivity index is 2.01. The van der Waals surface area contributed by atoms with Crippen molar-refractivity contribution in [2.45, 2.75) is 57.9 Å². The molecule has 1 saturated carbocycles. The summed E-state index contributed by atoms with van der Waals surface area (Å²) in [5.41, 5.74) is 1.33. The fourth-order valence-electron chi connectivity index (χ4n) is 3.29. The van der Waals surface area contributed by atoms with E-state index in [1.165, 1.54) is 17.1 Å². The summed E-state index contributed by atoms with van der Waals surface area (Å²) in [6, 6.07) is 5.29. The van der Waals surface area contributed by atoms with E-state index >= 15 is 0 Å². The number of halogens is 1.